The number of benzene rings is 1. The van der Waals surface area contributed by atoms with Crippen LogP contribution in [0.5, 0.6) is 5.75 Å². The van der Waals surface area contributed by atoms with Gasteiger partial charge >= 0.3 is 0 Å². The number of para-hydroxylation sites is 1. The maximum absolute atomic E-state index is 5.67. The van der Waals surface area contributed by atoms with Gasteiger partial charge in [0, 0.05) is 17.3 Å². The molecule has 112 valence electrons. The van der Waals surface area contributed by atoms with Gasteiger partial charge in [-0.15, -0.1) is 0 Å². The van der Waals surface area contributed by atoms with Crippen molar-refractivity contribution in [3.63, 3.8) is 0 Å². The van der Waals surface area contributed by atoms with E-state index in [4.69, 9.17) is 4.74 Å². The van der Waals surface area contributed by atoms with Gasteiger partial charge in [0.2, 0.25) is 0 Å². The summed E-state index contributed by atoms with van der Waals surface area (Å²) >= 11 is 0. The highest BCUT2D eigenvalue weighted by atomic mass is 16.5. The number of hydrogen-bond acceptors (Lipinski definition) is 3. The molecule has 0 aliphatic heterocycles. The molecule has 0 bridgehead atoms. The van der Waals surface area contributed by atoms with Crippen LogP contribution in [0, 0.1) is 0 Å². The fraction of sp³-hybridized carbons (Fsp3) is 0.444. The lowest BCUT2D eigenvalue weighted by Crippen LogP contribution is -2.13. The van der Waals surface area contributed by atoms with E-state index in [-0.39, 0.29) is 5.41 Å². The van der Waals surface area contributed by atoms with Gasteiger partial charge in [0.1, 0.15) is 5.75 Å². The van der Waals surface area contributed by atoms with Gasteiger partial charge in [0.05, 0.1) is 24.7 Å². The van der Waals surface area contributed by atoms with E-state index in [0.29, 0.717) is 5.92 Å². The molecule has 0 aliphatic rings. The van der Waals surface area contributed by atoms with Gasteiger partial charge in [-0.05, 0) is 17.4 Å². The summed E-state index contributed by atoms with van der Waals surface area (Å²) in [5.41, 5.74) is 4.05. The van der Waals surface area contributed by atoms with Crippen LogP contribution in [0.1, 0.15) is 51.8 Å². The van der Waals surface area contributed by atoms with Crippen LogP contribution in [-0.4, -0.2) is 17.1 Å². The first-order valence-corrected chi connectivity index (χ1v) is 7.34. The molecule has 1 aromatic heterocycles. The Hall–Kier alpha value is -1.90. The number of methoxy groups -OCH3 is 1. The number of rotatable bonds is 3. The van der Waals surface area contributed by atoms with Crippen LogP contribution in [0.4, 0.5) is 0 Å². The predicted octanol–water partition coefficient (Wildman–Crippen LogP) is 4.57. The van der Waals surface area contributed by atoms with Crippen molar-refractivity contribution >= 4 is 0 Å². The van der Waals surface area contributed by atoms with E-state index in [2.05, 4.69) is 56.7 Å². The zero-order valence-electron chi connectivity index (χ0n) is 13.8. The number of ether oxygens (including phenoxy) is 1. The lowest BCUT2D eigenvalue weighted by molar-refractivity contribution is 0.399. The van der Waals surface area contributed by atoms with Crippen LogP contribution in [0.3, 0.4) is 0 Å². The largest absolute Gasteiger partial charge is 0.496 e. The molecule has 0 N–H and O–H groups in total. The molecule has 0 amide bonds. The van der Waals surface area contributed by atoms with Crippen molar-refractivity contribution in [3.8, 4) is 17.0 Å². The van der Waals surface area contributed by atoms with Crippen molar-refractivity contribution in [2.24, 2.45) is 0 Å². The monoisotopic (exact) mass is 284 g/mol. The highest BCUT2D eigenvalue weighted by Gasteiger charge is 2.21. The summed E-state index contributed by atoms with van der Waals surface area (Å²) in [7, 11) is 1.71. The van der Waals surface area contributed by atoms with E-state index in [1.165, 1.54) is 5.56 Å². The molecular weight excluding hydrogens is 260 g/mol. The lowest BCUT2D eigenvalue weighted by Gasteiger charge is -2.23. The van der Waals surface area contributed by atoms with Crippen LogP contribution < -0.4 is 4.74 Å². The van der Waals surface area contributed by atoms with Crippen LogP contribution >= 0.6 is 0 Å². The summed E-state index contributed by atoms with van der Waals surface area (Å²) in [4.78, 5) is 9.06. The normalized spacial score (nSPS) is 11.8. The van der Waals surface area contributed by atoms with Crippen molar-refractivity contribution in [1.82, 2.24) is 9.97 Å². The van der Waals surface area contributed by atoms with Gasteiger partial charge in [-0.2, -0.15) is 0 Å². The van der Waals surface area contributed by atoms with Gasteiger partial charge < -0.3 is 4.74 Å². The van der Waals surface area contributed by atoms with Crippen molar-refractivity contribution in [1.29, 1.82) is 0 Å². The highest BCUT2D eigenvalue weighted by Crippen LogP contribution is 2.38. The summed E-state index contributed by atoms with van der Waals surface area (Å²) in [6, 6.07) is 6.20. The predicted molar refractivity (Wildman–Crippen MR) is 86.8 cm³/mol. The Bertz CT molecular complexity index is 610. The van der Waals surface area contributed by atoms with Gasteiger partial charge in [-0.3, -0.25) is 9.97 Å². The Morgan fingerprint density at radius 3 is 2.24 bits per heavy atom. The number of nitrogens with zero attached hydrogens (tertiary/aromatic N) is 2. The Morgan fingerprint density at radius 2 is 1.76 bits per heavy atom. The first-order chi connectivity index (χ1) is 9.84. The minimum atomic E-state index is 0.0205. The van der Waals surface area contributed by atoms with Gasteiger partial charge in [0.15, 0.2) is 0 Å². The molecule has 0 spiro atoms. The molecule has 1 heterocycles. The van der Waals surface area contributed by atoms with E-state index >= 15 is 0 Å². The summed E-state index contributed by atoms with van der Waals surface area (Å²) in [5, 5.41) is 0. The molecule has 0 saturated heterocycles. The average molecular weight is 284 g/mol. The fourth-order valence-corrected chi connectivity index (χ4v) is 2.32. The molecule has 0 radical (unpaired) electrons. The van der Waals surface area contributed by atoms with Crippen LogP contribution in [0.15, 0.2) is 30.6 Å². The van der Waals surface area contributed by atoms with E-state index in [1.54, 1.807) is 7.11 Å². The molecule has 3 heteroatoms. The molecule has 21 heavy (non-hydrogen) atoms. The zero-order chi connectivity index (χ0) is 15.6. The smallest absolute Gasteiger partial charge is 0.132 e. The number of aromatic nitrogens is 2. The summed E-state index contributed by atoms with van der Waals surface area (Å²) in [5.74, 6) is 1.27. The second kappa shape index (κ2) is 5.84. The Labute approximate surface area is 127 Å². The van der Waals surface area contributed by atoms with Crippen LogP contribution in [0.25, 0.3) is 11.3 Å². The highest BCUT2D eigenvalue weighted by molar-refractivity contribution is 5.69. The molecule has 0 fully saturated rings. The SMILES string of the molecule is COc1c(-c2cnc(C(C)C)cn2)cccc1C(C)(C)C. The molecule has 0 unspecified atom stereocenters. The standard InChI is InChI=1S/C18H24N2O/c1-12(2)15-10-20-16(11-19-15)13-8-7-9-14(17(13)21-6)18(3,4)5/h7-12H,1-6H3. The van der Waals surface area contributed by atoms with Gasteiger partial charge in [-0.1, -0.05) is 46.8 Å². The van der Waals surface area contributed by atoms with Gasteiger partial charge in [0.25, 0.3) is 0 Å². The summed E-state index contributed by atoms with van der Waals surface area (Å²) in [6.07, 6.45) is 3.68. The Kier molecular flexibility index (Phi) is 4.31. The molecule has 0 atom stereocenters. The number of hydrogen-bond donors (Lipinski definition) is 0. The molecule has 0 saturated carbocycles. The van der Waals surface area contributed by atoms with Crippen LogP contribution in [-0.2, 0) is 5.41 Å². The second-order valence-electron chi connectivity index (χ2n) is 6.62. The van der Waals surface area contributed by atoms with Crippen molar-refractivity contribution in [3.05, 3.63) is 41.9 Å². The lowest BCUT2D eigenvalue weighted by atomic mass is 9.85. The van der Waals surface area contributed by atoms with E-state index in [9.17, 15) is 0 Å². The Morgan fingerprint density at radius 1 is 1.05 bits per heavy atom. The fourth-order valence-electron chi connectivity index (χ4n) is 2.32. The second-order valence-corrected chi connectivity index (χ2v) is 6.62. The maximum atomic E-state index is 5.67. The van der Waals surface area contributed by atoms with E-state index in [1.807, 2.05) is 18.5 Å². The van der Waals surface area contributed by atoms with Crippen molar-refractivity contribution in [2.75, 3.05) is 7.11 Å². The third kappa shape index (κ3) is 3.23. The molecular formula is C18H24N2O. The minimum Gasteiger partial charge on any atom is -0.496 e. The van der Waals surface area contributed by atoms with E-state index in [0.717, 1.165) is 22.7 Å². The Balaban J connectivity index is 2.53. The first kappa shape index (κ1) is 15.5. The van der Waals surface area contributed by atoms with E-state index < -0.39 is 0 Å². The average Bonchev–Trinajstić information content (AvgIpc) is 2.45. The molecule has 3 nitrogen and oxygen atoms in total. The molecule has 2 rings (SSSR count). The van der Waals surface area contributed by atoms with Crippen molar-refractivity contribution in [2.45, 2.75) is 46.0 Å². The third-order valence-corrected chi connectivity index (χ3v) is 3.57. The quantitative estimate of drug-likeness (QED) is 0.828. The summed E-state index contributed by atoms with van der Waals surface area (Å²) in [6.45, 7) is 10.8. The summed E-state index contributed by atoms with van der Waals surface area (Å²) < 4.78 is 5.67. The molecule has 2 aromatic rings. The van der Waals surface area contributed by atoms with Crippen LogP contribution in [0.2, 0.25) is 0 Å². The first-order valence-electron chi connectivity index (χ1n) is 7.34. The zero-order valence-corrected chi connectivity index (χ0v) is 13.8. The topological polar surface area (TPSA) is 35.0 Å². The maximum Gasteiger partial charge on any atom is 0.132 e. The molecule has 1 aromatic carbocycles. The minimum absolute atomic E-state index is 0.0205. The van der Waals surface area contributed by atoms with Gasteiger partial charge in [-0.25, -0.2) is 0 Å². The van der Waals surface area contributed by atoms with Crippen molar-refractivity contribution < 1.29 is 4.74 Å². The molecule has 0 aliphatic carbocycles. The third-order valence-electron chi connectivity index (χ3n) is 3.57.